The Bertz CT molecular complexity index is 621. The summed E-state index contributed by atoms with van der Waals surface area (Å²) in [6, 6.07) is 5.64. The second kappa shape index (κ2) is 6.58. The van der Waals surface area contributed by atoms with Crippen LogP contribution in [0.4, 0.5) is 0 Å². The molecule has 0 saturated heterocycles. The average Bonchev–Trinajstić information content (AvgIpc) is 2.44. The van der Waals surface area contributed by atoms with E-state index >= 15 is 0 Å². The van der Waals surface area contributed by atoms with Gasteiger partial charge in [0.2, 0.25) is 0 Å². The van der Waals surface area contributed by atoms with Crippen molar-refractivity contribution in [3.05, 3.63) is 34.9 Å². The lowest BCUT2D eigenvalue weighted by Crippen LogP contribution is -2.17. The van der Waals surface area contributed by atoms with E-state index in [4.69, 9.17) is 8.92 Å². The van der Waals surface area contributed by atoms with Crippen molar-refractivity contribution in [1.82, 2.24) is 0 Å². The molecule has 1 heterocycles. The number of ether oxygens (including phenoxy) is 1. The van der Waals surface area contributed by atoms with E-state index in [1.54, 1.807) is 0 Å². The van der Waals surface area contributed by atoms with Crippen molar-refractivity contribution >= 4 is 16.1 Å². The van der Waals surface area contributed by atoms with Crippen LogP contribution in [0.1, 0.15) is 37.0 Å². The van der Waals surface area contributed by atoms with Crippen molar-refractivity contribution in [3.8, 4) is 0 Å². The Morgan fingerprint density at radius 3 is 2.86 bits per heavy atom. The highest BCUT2D eigenvalue weighted by atomic mass is 32.2. The van der Waals surface area contributed by atoms with E-state index in [0.29, 0.717) is 13.0 Å². The van der Waals surface area contributed by atoms with Crippen LogP contribution in [-0.2, 0) is 42.6 Å². The number of rotatable bonds is 5. The molecule has 0 spiro atoms. The summed E-state index contributed by atoms with van der Waals surface area (Å²) in [7, 11) is -3.45. The first kappa shape index (κ1) is 16.0. The Hall–Kier alpha value is -1.40. The summed E-state index contributed by atoms with van der Waals surface area (Å²) in [5.74, 6) is -0.370. The third-order valence-electron chi connectivity index (χ3n) is 3.65. The molecule has 0 amide bonds. The van der Waals surface area contributed by atoms with E-state index < -0.39 is 10.1 Å². The van der Waals surface area contributed by atoms with E-state index in [9.17, 15) is 13.2 Å². The topological polar surface area (TPSA) is 69.7 Å². The predicted octanol–water partition coefficient (Wildman–Crippen LogP) is 2.18. The minimum Gasteiger partial charge on any atom is -0.465 e. The van der Waals surface area contributed by atoms with Crippen LogP contribution in [-0.4, -0.2) is 21.0 Å². The summed E-state index contributed by atoms with van der Waals surface area (Å²) in [6.45, 7) is 4.19. The first-order valence-corrected chi connectivity index (χ1v) is 8.63. The largest absolute Gasteiger partial charge is 0.465 e. The van der Waals surface area contributed by atoms with Crippen LogP contribution < -0.4 is 0 Å². The lowest BCUT2D eigenvalue weighted by atomic mass is 10.0. The van der Waals surface area contributed by atoms with Gasteiger partial charge < -0.3 is 4.74 Å². The molecule has 2 rings (SSSR count). The van der Waals surface area contributed by atoms with Crippen molar-refractivity contribution in [3.63, 3.8) is 0 Å². The van der Waals surface area contributed by atoms with Gasteiger partial charge in [0.15, 0.2) is 0 Å². The Kier molecular flexibility index (Phi) is 5.00. The van der Waals surface area contributed by atoms with E-state index in [1.807, 2.05) is 32.0 Å². The number of carbonyl (C=O) groups is 1. The highest BCUT2D eigenvalue weighted by Crippen LogP contribution is 2.23. The fourth-order valence-corrected chi connectivity index (χ4v) is 3.11. The quantitative estimate of drug-likeness (QED) is 0.615. The van der Waals surface area contributed by atoms with Gasteiger partial charge in [-0.1, -0.05) is 32.0 Å². The summed E-state index contributed by atoms with van der Waals surface area (Å²) in [6.07, 6.45) is 1.34. The van der Waals surface area contributed by atoms with Crippen LogP contribution in [0, 0.1) is 5.92 Å². The molecule has 0 aromatic heterocycles. The lowest BCUT2D eigenvalue weighted by Gasteiger charge is -2.17. The standard InChI is InChI=1S/C15H20O5S/c1-3-11(2)15(16)19-7-6-12-4-5-13-9-20-21(17,18)10-14(13)8-12/h4-5,8,11H,3,6-7,9-10H2,1-2H3. The number of fused-ring (bicyclic) bond motifs is 1. The molecule has 0 saturated carbocycles. The minimum absolute atomic E-state index is 0.0872. The highest BCUT2D eigenvalue weighted by molar-refractivity contribution is 7.85. The van der Waals surface area contributed by atoms with Gasteiger partial charge in [-0.25, -0.2) is 0 Å². The monoisotopic (exact) mass is 312 g/mol. The molecule has 0 N–H and O–H groups in total. The zero-order valence-corrected chi connectivity index (χ0v) is 13.1. The molecular weight excluding hydrogens is 292 g/mol. The van der Waals surface area contributed by atoms with Gasteiger partial charge in [0.05, 0.1) is 19.1 Å². The third-order valence-corrected chi connectivity index (χ3v) is 4.79. The van der Waals surface area contributed by atoms with Crippen molar-refractivity contribution in [2.45, 2.75) is 39.0 Å². The van der Waals surface area contributed by atoms with Crippen molar-refractivity contribution in [1.29, 1.82) is 0 Å². The average molecular weight is 312 g/mol. The molecule has 5 nitrogen and oxygen atoms in total. The van der Waals surface area contributed by atoms with Gasteiger partial charge in [0, 0.05) is 6.42 Å². The molecule has 1 aromatic rings. The molecule has 0 aliphatic carbocycles. The number of carbonyl (C=O) groups excluding carboxylic acids is 1. The van der Waals surface area contributed by atoms with Gasteiger partial charge in [-0.3, -0.25) is 8.98 Å². The normalized spacial score (nSPS) is 17.8. The Morgan fingerprint density at radius 1 is 1.38 bits per heavy atom. The van der Waals surface area contributed by atoms with Crippen LogP contribution in [0.15, 0.2) is 18.2 Å². The van der Waals surface area contributed by atoms with Crippen LogP contribution in [0.25, 0.3) is 0 Å². The second-order valence-electron chi connectivity index (χ2n) is 5.29. The molecule has 1 aromatic carbocycles. The van der Waals surface area contributed by atoms with E-state index in [-0.39, 0.29) is 24.2 Å². The fraction of sp³-hybridized carbons (Fsp3) is 0.533. The van der Waals surface area contributed by atoms with Crippen molar-refractivity contribution < 1.29 is 22.1 Å². The van der Waals surface area contributed by atoms with Crippen LogP contribution in [0.3, 0.4) is 0 Å². The first-order chi connectivity index (χ1) is 9.91. The zero-order valence-electron chi connectivity index (χ0n) is 12.3. The maximum atomic E-state index is 11.6. The highest BCUT2D eigenvalue weighted by Gasteiger charge is 2.22. The summed E-state index contributed by atoms with van der Waals surface area (Å²) in [5.41, 5.74) is 2.62. The zero-order chi connectivity index (χ0) is 15.5. The third kappa shape index (κ3) is 4.28. The van der Waals surface area contributed by atoms with E-state index in [1.165, 1.54) is 0 Å². The van der Waals surface area contributed by atoms with E-state index in [2.05, 4.69) is 0 Å². The van der Waals surface area contributed by atoms with E-state index in [0.717, 1.165) is 23.1 Å². The molecule has 21 heavy (non-hydrogen) atoms. The van der Waals surface area contributed by atoms with Crippen molar-refractivity contribution in [2.24, 2.45) is 5.92 Å². The summed E-state index contributed by atoms with van der Waals surface area (Å²) < 4.78 is 32.9. The van der Waals surface area contributed by atoms with Gasteiger partial charge >= 0.3 is 5.97 Å². The smallest absolute Gasteiger partial charge is 0.308 e. The lowest BCUT2D eigenvalue weighted by molar-refractivity contribution is -0.147. The number of esters is 1. The number of hydrogen-bond donors (Lipinski definition) is 0. The molecule has 1 unspecified atom stereocenters. The molecule has 0 radical (unpaired) electrons. The molecule has 116 valence electrons. The Labute approximate surface area is 125 Å². The molecular formula is C15H20O5S. The first-order valence-electron chi connectivity index (χ1n) is 7.05. The molecule has 6 heteroatoms. The summed E-state index contributed by atoms with van der Waals surface area (Å²) >= 11 is 0. The summed E-state index contributed by atoms with van der Waals surface area (Å²) in [4.78, 5) is 11.6. The van der Waals surface area contributed by atoms with Gasteiger partial charge in [0.1, 0.15) is 5.75 Å². The van der Waals surface area contributed by atoms with Gasteiger partial charge in [-0.05, 0) is 23.1 Å². The predicted molar refractivity (Wildman–Crippen MR) is 78.0 cm³/mol. The molecule has 1 aliphatic heterocycles. The number of hydrogen-bond acceptors (Lipinski definition) is 5. The molecule has 1 aliphatic rings. The molecule has 0 fully saturated rings. The number of benzene rings is 1. The summed E-state index contributed by atoms with van der Waals surface area (Å²) in [5, 5.41) is 0. The van der Waals surface area contributed by atoms with Gasteiger partial charge in [0.25, 0.3) is 10.1 Å². The molecule has 1 atom stereocenters. The maximum absolute atomic E-state index is 11.6. The fourth-order valence-electron chi connectivity index (χ4n) is 2.07. The maximum Gasteiger partial charge on any atom is 0.308 e. The molecule has 0 bridgehead atoms. The van der Waals surface area contributed by atoms with Crippen LogP contribution in [0.5, 0.6) is 0 Å². The second-order valence-corrected chi connectivity index (χ2v) is 6.93. The SMILES string of the molecule is CCC(C)C(=O)OCCc1ccc2c(c1)CS(=O)(=O)OC2. The van der Waals surface area contributed by atoms with Crippen LogP contribution >= 0.6 is 0 Å². The minimum atomic E-state index is -3.45. The van der Waals surface area contributed by atoms with Gasteiger partial charge in [-0.15, -0.1) is 0 Å². The van der Waals surface area contributed by atoms with Crippen molar-refractivity contribution in [2.75, 3.05) is 6.61 Å². The van der Waals surface area contributed by atoms with Gasteiger partial charge in [-0.2, -0.15) is 8.42 Å². The Morgan fingerprint density at radius 2 is 2.14 bits per heavy atom. The Balaban J connectivity index is 1.95. The van der Waals surface area contributed by atoms with Crippen LogP contribution in [0.2, 0.25) is 0 Å².